The van der Waals surface area contributed by atoms with Crippen LogP contribution in [0.3, 0.4) is 0 Å². The summed E-state index contributed by atoms with van der Waals surface area (Å²) in [5.74, 6) is -0.339. The number of hydrogen-bond donors (Lipinski definition) is 1. The standard InChI is InChI=1S/C22H20N2O2/c1-15-9-11-18(12-10-15)24-21(25)13-20(22(24)26)23-14-17-7-4-6-16-5-2-3-8-19(16)17/h2-12,20,23H,13-14H2,1H3/t20-/m0/s1. The van der Waals surface area contributed by atoms with Gasteiger partial charge >= 0.3 is 0 Å². The van der Waals surface area contributed by atoms with E-state index in [1.807, 2.05) is 55.5 Å². The average molecular weight is 344 g/mol. The molecule has 3 aromatic carbocycles. The molecular formula is C22H20N2O2. The first-order valence-corrected chi connectivity index (χ1v) is 8.77. The Hall–Kier alpha value is -2.98. The molecule has 1 atom stereocenters. The van der Waals surface area contributed by atoms with Gasteiger partial charge in [0.15, 0.2) is 0 Å². The highest BCUT2D eigenvalue weighted by Crippen LogP contribution is 2.24. The van der Waals surface area contributed by atoms with Crippen molar-refractivity contribution in [3.8, 4) is 0 Å². The number of hydrogen-bond acceptors (Lipinski definition) is 3. The quantitative estimate of drug-likeness (QED) is 0.736. The maximum atomic E-state index is 12.7. The second-order valence-corrected chi connectivity index (χ2v) is 6.68. The molecule has 1 N–H and O–H groups in total. The molecule has 130 valence electrons. The van der Waals surface area contributed by atoms with Crippen LogP contribution in [0.15, 0.2) is 66.7 Å². The van der Waals surface area contributed by atoms with Crippen molar-refractivity contribution < 1.29 is 9.59 Å². The number of carbonyl (C=O) groups excluding carboxylic acids is 2. The monoisotopic (exact) mass is 344 g/mol. The Kier molecular flexibility index (Phi) is 4.27. The van der Waals surface area contributed by atoms with Gasteiger partial charge in [-0.1, -0.05) is 60.2 Å². The van der Waals surface area contributed by atoms with Crippen molar-refractivity contribution in [3.05, 3.63) is 77.9 Å². The summed E-state index contributed by atoms with van der Waals surface area (Å²) in [5, 5.41) is 5.60. The number of imide groups is 1. The summed E-state index contributed by atoms with van der Waals surface area (Å²) < 4.78 is 0. The van der Waals surface area contributed by atoms with Crippen molar-refractivity contribution in [2.24, 2.45) is 0 Å². The van der Waals surface area contributed by atoms with Gasteiger partial charge < -0.3 is 5.32 Å². The van der Waals surface area contributed by atoms with Gasteiger partial charge in [-0.2, -0.15) is 0 Å². The molecule has 0 saturated carbocycles. The number of benzene rings is 3. The Labute approximate surface area is 152 Å². The molecule has 0 unspecified atom stereocenters. The molecule has 1 fully saturated rings. The largest absolute Gasteiger partial charge is 0.301 e. The first-order chi connectivity index (χ1) is 12.6. The summed E-state index contributed by atoms with van der Waals surface area (Å²) >= 11 is 0. The number of amides is 2. The van der Waals surface area contributed by atoms with Crippen LogP contribution in [0.25, 0.3) is 10.8 Å². The van der Waals surface area contributed by atoms with Crippen molar-refractivity contribution >= 4 is 28.3 Å². The number of carbonyl (C=O) groups is 2. The number of fused-ring (bicyclic) bond motifs is 1. The predicted octanol–water partition coefficient (Wildman–Crippen LogP) is 3.57. The zero-order valence-electron chi connectivity index (χ0n) is 14.6. The van der Waals surface area contributed by atoms with Gasteiger partial charge in [0.05, 0.1) is 18.2 Å². The lowest BCUT2D eigenvalue weighted by Gasteiger charge is -2.16. The Morgan fingerprint density at radius 1 is 0.962 bits per heavy atom. The van der Waals surface area contributed by atoms with Gasteiger partial charge in [-0.15, -0.1) is 0 Å². The second-order valence-electron chi connectivity index (χ2n) is 6.68. The van der Waals surface area contributed by atoms with Crippen molar-refractivity contribution in [2.45, 2.75) is 25.9 Å². The lowest BCUT2D eigenvalue weighted by atomic mass is 10.0. The van der Waals surface area contributed by atoms with E-state index in [4.69, 9.17) is 0 Å². The van der Waals surface area contributed by atoms with Gasteiger partial charge in [0.2, 0.25) is 5.91 Å². The first kappa shape index (κ1) is 16.5. The highest BCUT2D eigenvalue weighted by molar-refractivity contribution is 6.22. The smallest absolute Gasteiger partial charge is 0.251 e. The SMILES string of the molecule is Cc1ccc(N2C(=O)C[C@H](NCc3cccc4ccccc34)C2=O)cc1. The number of nitrogens with one attached hydrogen (secondary N) is 1. The Bertz CT molecular complexity index is 974. The lowest BCUT2D eigenvalue weighted by molar-refractivity contribution is -0.121. The Balaban J connectivity index is 1.51. The molecule has 2 amide bonds. The van der Waals surface area contributed by atoms with E-state index in [2.05, 4.69) is 23.5 Å². The molecule has 26 heavy (non-hydrogen) atoms. The van der Waals surface area contributed by atoms with E-state index in [1.54, 1.807) is 0 Å². The zero-order valence-corrected chi connectivity index (χ0v) is 14.6. The second kappa shape index (κ2) is 6.73. The molecule has 4 nitrogen and oxygen atoms in total. The summed E-state index contributed by atoms with van der Waals surface area (Å²) in [6, 6.07) is 21.3. The predicted molar refractivity (Wildman–Crippen MR) is 103 cm³/mol. The van der Waals surface area contributed by atoms with E-state index in [0.29, 0.717) is 12.2 Å². The fourth-order valence-corrected chi connectivity index (χ4v) is 3.44. The number of aryl methyl sites for hydroxylation is 1. The van der Waals surface area contributed by atoms with Crippen LogP contribution in [0.4, 0.5) is 5.69 Å². The minimum Gasteiger partial charge on any atom is -0.301 e. The van der Waals surface area contributed by atoms with Crippen LogP contribution in [0, 0.1) is 6.92 Å². The minimum absolute atomic E-state index is 0.158. The maximum absolute atomic E-state index is 12.7. The van der Waals surface area contributed by atoms with Crippen LogP contribution in [-0.4, -0.2) is 17.9 Å². The van der Waals surface area contributed by atoms with E-state index in [1.165, 1.54) is 10.3 Å². The first-order valence-electron chi connectivity index (χ1n) is 8.77. The molecule has 1 aliphatic heterocycles. The van der Waals surface area contributed by atoms with Crippen LogP contribution >= 0.6 is 0 Å². The van der Waals surface area contributed by atoms with Crippen LogP contribution in [-0.2, 0) is 16.1 Å². The van der Waals surface area contributed by atoms with Gasteiger partial charge in [0, 0.05) is 6.54 Å². The zero-order chi connectivity index (χ0) is 18.1. The molecule has 0 spiro atoms. The van der Waals surface area contributed by atoms with Gasteiger partial charge in [0.25, 0.3) is 5.91 Å². The number of nitrogens with zero attached hydrogens (tertiary/aromatic N) is 1. The normalized spacial score (nSPS) is 17.3. The minimum atomic E-state index is -0.484. The van der Waals surface area contributed by atoms with Gasteiger partial charge in [-0.05, 0) is 35.4 Å². The molecule has 0 aliphatic carbocycles. The molecule has 4 heteroatoms. The highest BCUT2D eigenvalue weighted by Gasteiger charge is 2.39. The summed E-state index contributed by atoms with van der Waals surface area (Å²) in [6.07, 6.45) is 0.192. The van der Waals surface area contributed by atoms with E-state index in [-0.39, 0.29) is 18.2 Å². The van der Waals surface area contributed by atoms with E-state index in [9.17, 15) is 9.59 Å². The molecule has 0 bridgehead atoms. The van der Waals surface area contributed by atoms with Crippen LogP contribution in [0.2, 0.25) is 0 Å². The Morgan fingerprint density at radius 3 is 2.50 bits per heavy atom. The molecule has 1 aliphatic rings. The summed E-state index contributed by atoms with van der Waals surface area (Å²) in [7, 11) is 0. The average Bonchev–Trinajstić information content (AvgIpc) is 2.94. The highest BCUT2D eigenvalue weighted by atomic mass is 16.2. The van der Waals surface area contributed by atoms with Crippen LogP contribution in [0.1, 0.15) is 17.5 Å². The third-order valence-corrected chi connectivity index (χ3v) is 4.86. The fourth-order valence-electron chi connectivity index (χ4n) is 3.44. The van der Waals surface area contributed by atoms with E-state index in [0.717, 1.165) is 16.5 Å². The third kappa shape index (κ3) is 3.00. The molecule has 1 heterocycles. The summed E-state index contributed by atoms with van der Waals surface area (Å²) in [6.45, 7) is 2.53. The fraction of sp³-hybridized carbons (Fsp3) is 0.182. The summed E-state index contributed by atoms with van der Waals surface area (Å²) in [5.41, 5.74) is 2.86. The maximum Gasteiger partial charge on any atom is 0.251 e. The van der Waals surface area contributed by atoms with Crippen LogP contribution in [0.5, 0.6) is 0 Å². The number of rotatable bonds is 4. The van der Waals surface area contributed by atoms with Crippen molar-refractivity contribution in [3.63, 3.8) is 0 Å². The molecule has 4 rings (SSSR count). The molecule has 0 aromatic heterocycles. The topological polar surface area (TPSA) is 49.4 Å². The van der Waals surface area contributed by atoms with Gasteiger partial charge in [-0.25, -0.2) is 4.90 Å². The van der Waals surface area contributed by atoms with Crippen molar-refractivity contribution in [1.82, 2.24) is 5.32 Å². The van der Waals surface area contributed by atoms with Crippen LogP contribution < -0.4 is 10.2 Å². The van der Waals surface area contributed by atoms with Crippen molar-refractivity contribution in [2.75, 3.05) is 4.90 Å². The molecule has 0 radical (unpaired) electrons. The van der Waals surface area contributed by atoms with Gasteiger partial charge in [0.1, 0.15) is 0 Å². The Morgan fingerprint density at radius 2 is 1.69 bits per heavy atom. The lowest BCUT2D eigenvalue weighted by Crippen LogP contribution is -2.38. The summed E-state index contributed by atoms with van der Waals surface area (Å²) in [4.78, 5) is 26.4. The third-order valence-electron chi connectivity index (χ3n) is 4.86. The van der Waals surface area contributed by atoms with E-state index >= 15 is 0 Å². The van der Waals surface area contributed by atoms with Gasteiger partial charge in [-0.3, -0.25) is 9.59 Å². The molecular weight excluding hydrogens is 324 g/mol. The molecule has 3 aromatic rings. The molecule has 1 saturated heterocycles. The number of anilines is 1. The van der Waals surface area contributed by atoms with Crippen molar-refractivity contribution in [1.29, 1.82) is 0 Å². The van der Waals surface area contributed by atoms with E-state index < -0.39 is 6.04 Å².